The minimum atomic E-state index is -1.72. The number of amides is 6. The van der Waals surface area contributed by atoms with Crippen molar-refractivity contribution in [1.82, 2.24) is 31.1 Å². The Morgan fingerprint density at radius 3 is 2.20 bits per heavy atom. The lowest BCUT2D eigenvalue weighted by atomic mass is 9.89. The molecule has 3 heterocycles. The number of alkyl carbamates (subject to hydrolysis) is 1. The molecule has 1 aromatic carbocycles. The Morgan fingerprint density at radius 1 is 0.982 bits per heavy atom. The summed E-state index contributed by atoms with van der Waals surface area (Å²) in [4.78, 5) is 84.0. The summed E-state index contributed by atoms with van der Waals surface area (Å²) in [6.45, 7) is 8.72. The summed E-state index contributed by atoms with van der Waals surface area (Å²) in [5.74, 6) is -3.18. The van der Waals surface area contributed by atoms with Crippen molar-refractivity contribution in [2.75, 3.05) is 27.2 Å². The van der Waals surface area contributed by atoms with E-state index in [0.29, 0.717) is 31.2 Å². The SMILES string of the molecule is CN(C)C(=O)[C@@H](NC(=O)CNC(=O)C(O)[C@@H]1CCCCCCCCCC[C@H](NC(=O)OC(C)(C)C)C(=O)N2C[C@@H]3OC(C)(C)C[C@@H]3C2C(=O)N1)c1ccccc1. The van der Waals surface area contributed by atoms with Crippen molar-refractivity contribution in [3.63, 3.8) is 0 Å². The first-order valence-corrected chi connectivity index (χ1v) is 20.2. The molecule has 4 rings (SSSR count). The minimum absolute atomic E-state index is 0.140. The second-order valence-corrected chi connectivity index (χ2v) is 17.2. The molecule has 15 nitrogen and oxygen atoms in total. The Balaban J connectivity index is 1.53. The van der Waals surface area contributed by atoms with Crippen LogP contribution in [0, 0.1) is 5.92 Å². The van der Waals surface area contributed by atoms with Gasteiger partial charge in [-0.05, 0) is 59.4 Å². The summed E-state index contributed by atoms with van der Waals surface area (Å²) in [6.07, 6.45) is 5.20. The van der Waals surface area contributed by atoms with Crippen molar-refractivity contribution in [3.8, 4) is 0 Å². The lowest BCUT2D eigenvalue weighted by molar-refractivity contribution is -0.143. The van der Waals surface area contributed by atoms with Gasteiger partial charge < -0.3 is 45.6 Å². The molecule has 0 spiro atoms. The molecule has 0 saturated carbocycles. The monoisotopic (exact) mass is 784 g/mol. The maximum Gasteiger partial charge on any atom is 0.408 e. The predicted molar refractivity (Wildman–Crippen MR) is 209 cm³/mol. The van der Waals surface area contributed by atoms with Crippen LogP contribution in [-0.4, -0.2) is 119 Å². The van der Waals surface area contributed by atoms with Crippen molar-refractivity contribution < 1.29 is 43.3 Å². The molecule has 3 saturated heterocycles. The van der Waals surface area contributed by atoms with Gasteiger partial charge in [0.05, 0.1) is 24.3 Å². The molecule has 3 aliphatic rings. The van der Waals surface area contributed by atoms with Gasteiger partial charge in [-0.3, -0.25) is 24.0 Å². The number of carbonyl (C=O) groups excluding carboxylic acids is 6. The molecule has 15 heteroatoms. The summed E-state index contributed by atoms with van der Waals surface area (Å²) in [7, 11) is 3.16. The van der Waals surface area contributed by atoms with Gasteiger partial charge in [0.15, 0.2) is 6.10 Å². The summed E-state index contributed by atoms with van der Waals surface area (Å²) >= 11 is 0. The standard InChI is InChI=1S/C41H64N6O9/c1-40(2,3)56-39(54)44-29-22-18-13-11-9-8-10-12-17-21-28(43-35(50)33-27-23-41(4,5)55-30(27)25-47(33)37(29)52)34(49)36(51)42-24-31(48)45-32(38(53)46(6)7)26-19-15-14-16-20-26/h14-16,19-20,27-30,32-34,49H,8-13,17-18,21-25H2,1-7H3,(H,42,51)(H,43,50)(H,44,54)(H,45,48)/t27-,28-,29-,30-,32-,33?,34?/m0/s1. The third-order valence-corrected chi connectivity index (χ3v) is 10.6. The average Bonchev–Trinajstić information content (AvgIpc) is 3.62. The number of carbonyl (C=O) groups is 6. The fourth-order valence-corrected chi connectivity index (χ4v) is 7.95. The zero-order valence-corrected chi connectivity index (χ0v) is 34.2. The number of likely N-dealkylation sites (N-methyl/N-ethyl adjacent to an activating group) is 1. The number of benzene rings is 1. The number of nitrogens with zero attached hydrogens (tertiary/aromatic N) is 2. The second-order valence-electron chi connectivity index (χ2n) is 17.2. The van der Waals surface area contributed by atoms with Crippen LogP contribution in [-0.2, 0) is 33.4 Å². The molecular formula is C41H64N6O9. The normalized spacial score (nSPS) is 26.0. The van der Waals surface area contributed by atoms with E-state index >= 15 is 0 Å². The number of ether oxygens (including phenoxy) is 2. The molecule has 7 atom stereocenters. The van der Waals surface area contributed by atoms with E-state index in [4.69, 9.17) is 9.47 Å². The Labute approximate surface area is 331 Å². The van der Waals surface area contributed by atoms with Gasteiger partial charge in [0.25, 0.3) is 5.91 Å². The lowest BCUT2D eigenvalue weighted by Gasteiger charge is -2.33. The van der Waals surface area contributed by atoms with Crippen LogP contribution < -0.4 is 21.3 Å². The van der Waals surface area contributed by atoms with E-state index in [2.05, 4.69) is 21.3 Å². The number of hydrogen-bond donors (Lipinski definition) is 5. The lowest BCUT2D eigenvalue weighted by Crippen LogP contribution is -2.59. The Hall–Kier alpha value is -4.24. The number of aliphatic hydroxyl groups is 1. The number of fused-ring (bicyclic) bond motifs is 3. The van der Waals surface area contributed by atoms with Crippen LogP contribution in [0.25, 0.3) is 0 Å². The van der Waals surface area contributed by atoms with E-state index in [0.717, 1.165) is 38.5 Å². The zero-order chi connectivity index (χ0) is 41.2. The Bertz CT molecular complexity index is 1530. The van der Waals surface area contributed by atoms with Crippen LogP contribution in [0.3, 0.4) is 0 Å². The van der Waals surface area contributed by atoms with Gasteiger partial charge in [0.2, 0.25) is 23.6 Å². The molecule has 312 valence electrons. The molecule has 0 radical (unpaired) electrons. The molecule has 5 N–H and O–H groups in total. The predicted octanol–water partition coefficient (Wildman–Crippen LogP) is 3.10. The molecule has 3 fully saturated rings. The third-order valence-electron chi connectivity index (χ3n) is 10.6. The average molecular weight is 785 g/mol. The second kappa shape index (κ2) is 19.8. The maximum atomic E-state index is 14.4. The van der Waals surface area contributed by atoms with E-state index in [1.807, 2.05) is 13.8 Å². The maximum absolute atomic E-state index is 14.4. The Kier molecular flexibility index (Phi) is 15.7. The molecule has 0 bridgehead atoms. The molecule has 2 unspecified atom stereocenters. The van der Waals surface area contributed by atoms with Gasteiger partial charge >= 0.3 is 6.09 Å². The number of rotatable bonds is 8. The zero-order valence-electron chi connectivity index (χ0n) is 34.2. The van der Waals surface area contributed by atoms with Gasteiger partial charge in [-0.2, -0.15) is 0 Å². The highest BCUT2D eigenvalue weighted by Gasteiger charge is 2.56. The molecular weight excluding hydrogens is 720 g/mol. The van der Waals surface area contributed by atoms with Crippen molar-refractivity contribution in [2.24, 2.45) is 5.92 Å². The highest BCUT2D eigenvalue weighted by molar-refractivity contribution is 5.94. The fraction of sp³-hybridized carbons (Fsp3) is 0.707. The summed E-state index contributed by atoms with van der Waals surface area (Å²) in [5, 5.41) is 22.3. The smallest absolute Gasteiger partial charge is 0.408 e. The fourth-order valence-electron chi connectivity index (χ4n) is 7.95. The van der Waals surface area contributed by atoms with Gasteiger partial charge in [0, 0.05) is 26.6 Å². The Morgan fingerprint density at radius 2 is 1.59 bits per heavy atom. The minimum Gasteiger partial charge on any atom is -0.444 e. The number of nitrogens with one attached hydrogen (secondary N) is 4. The van der Waals surface area contributed by atoms with Crippen LogP contribution in [0.5, 0.6) is 0 Å². The van der Waals surface area contributed by atoms with Crippen LogP contribution in [0.4, 0.5) is 4.79 Å². The summed E-state index contributed by atoms with van der Waals surface area (Å²) in [5.41, 5.74) is -0.749. The van der Waals surface area contributed by atoms with E-state index in [1.54, 1.807) is 65.2 Å². The highest BCUT2D eigenvalue weighted by Crippen LogP contribution is 2.43. The van der Waals surface area contributed by atoms with Gasteiger partial charge in [-0.15, -0.1) is 0 Å². The largest absolute Gasteiger partial charge is 0.444 e. The molecule has 6 amide bonds. The highest BCUT2D eigenvalue weighted by atomic mass is 16.6. The van der Waals surface area contributed by atoms with Crippen LogP contribution in [0.1, 0.15) is 117 Å². The topological polar surface area (TPSA) is 196 Å². The van der Waals surface area contributed by atoms with Gasteiger partial charge in [-0.1, -0.05) is 81.7 Å². The third kappa shape index (κ3) is 12.6. The molecule has 0 aromatic heterocycles. The molecule has 56 heavy (non-hydrogen) atoms. The van der Waals surface area contributed by atoms with E-state index in [9.17, 15) is 33.9 Å². The van der Waals surface area contributed by atoms with Crippen molar-refractivity contribution in [1.29, 1.82) is 0 Å². The molecule has 0 aliphatic carbocycles. The summed E-state index contributed by atoms with van der Waals surface area (Å²) < 4.78 is 11.8. The first kappa shape index (κ1) is 44.5. The quantitative estimate of drug-likeness (QED) is 0.263. The van der Waals surface area contributed by atoms with Crippen LogP contribution >= 0.6 is 0 Å². The van der Waals surface area contributed by atoms with E-state index in [1.165, 1.54) is 9.80 Å². The van der Waals surface area contributed by atoms with E-state index in [-0.39, 0.29) is 24.8 Å². The van der Waals surface area contributed by atoms with Crippen LogP contribution in [0.15, 0.2) is 30.3 Å². The van der Waals surface area contributed by atoms with Crippen molar-refractivity contribution >= 4 is 35.6 Å². The van der Waals surface area contributed by atoms with Gasteiger partial charge in [0.1, 0.15) is 23.7 Å². The first-order valence-electron chi connectivity index (χ1n) is 20.2. The summed E-state index contributed by atoms with van der Waals surface area (Å²) in [6, 6.07) is 4.79. The molecule has 1 aromatic rings. The molecule has 3 aliphatic heterocycles. The first-order chi connectivity index (χ1) is 26.4. The van der Waals surface area contributed by atoms with Gasteiger partial charge in [-0.25, -0.2) is 4.79 Å². The number of hydrogen-bond acceptors (Lipinski definition) is 9. The van der Waals surface area contributed by atoms with Crippen molar-refractivity contribution in [3.05, 3.63) is 35.9 Å². The number of aliphatic hydroxyl groups excluding tert-OH is 1. The van der Waals surface area contributed by atoms with E-state index < -0.39 is 83.8 Å². The van der Waals surface area contributed by atoms with Crippen LogP contribution in [0.2, 0.25) is 0 Å². The van der Waals surface area contributed by atoms with Crippen molar-refractivity contribution in [2.45, 2.75) is 153 Å².